The third-order valence-corrected chi connectivity index (χ3v) is 3.85. The number of hydrogen-bond donors (Lipinski definition) is 1. The van der Waals surface area contributed by atoms with Crippen LogP contribution in [0.3, 0.4) is 0 Å². The average molecular weight is 291 g/mol. The molecule has 3 nitrogen and oxygen atoms in total. The standard InChI is InChI=1S/C19H21N3/c1-14-4-7-18(12-19(14)22-11-10-15(2)21-22)17-8-5-16(6-9-17)13-20-3/h4-12,20H,13H2,1-3H3. The maximum Gasteiger partial charge on any atom is 0.0680 e. The van der Waals surface area contributed by atoms with Crippen molar-refractivity contribution in [2.45, 2.75) is 20.4 Å². The second kappa shape index (κ2) is 6.16. The number of rotatable bonds is 4. The second-order valence-electron chi connectivity index (χ2n) is 5.63. The number of nitrogens with zero attached hydrogens (tertiary/aromatic N) is 2. The molecule has 0 amide bonds. The number of benzene rings is 2. The van der Waals surface area contributed by atoms with Crippen LogP contribution in [0.1, 0.15) is 16.8 Å². The van der Waals surface area contributed by atoms with Crippen LogP contribution in [-0.2, 0) is 6.54 Å². The Labute approximate surface area is 131 Å². The molecule has 0 radical (unpaired) electrons. The lowest BCUT2D eigenvalue weighted by Crippen LogP contribution is -2.04. The van der Waals surface area contributed by atoms with Crippen LogP contribution in [0.15, 0.2) is 54.7 Å². The van der Waals surface area contributed by atoms with E-state index in [1.807, 2.05) is 30.9 Å². The van der Waals surface area contributed by atoms with Crippen LogP contribution in [0.25, 0.3) is 16.8 Å². The van der Waals surface area contributed by atoms with Crippen LogP contribution >= 0.6 is 0 Å². The zero-order chi connectivity index (χ0) is 15.5. The van der Waals surface area contributed by atoms with Crippen molar-refractivity contribution in [3.63, 3.8) is 0 Å². The molecule has 0 saturated carbocycles. The highest BCUT2D eigenvalue weighted by Gasteiger charge is 2.06. The number of hydrogen-bond acceptors (Lipinski definition) is 2. The molecule has 3 heteroatoms. The molecule has 0 spiro atoms. The largest absolute Gasteiger partial charge is 0.316 e. The quantitative estimate of drug-likeness (QED) is 0.790. The fourth-order valence-electron chi connectivity index (χ4n) is 2.60. The molecule has 0 aliphatic carbocycles. The molecule has 0 aliphatic rings. The average Bonchev–Trinajstić information content (AvgIpc) is 2.95. The first-order valence-electron chi connectivity index (χ1n) is 7.54. The molecule has 0 bridgehead atoms. The van der Waals surface area contributed by atoms with Gasteiger partial charge in [0.05, 0.1) is 11.4 Å². The van der Waals surface area contributed by atoms with Crippen molar-refractivity contribution in [1.82, 2.24) is 15.1 Å². The zero-order valence-electron chi connectivity index (χ0n) is 13.3. The van der Waals surface area contributed by atoms with E-state index in [0.29, 0.717) is 0 Å². The Bertz CT molecular complexity index is 770. The first-order chi connectivity index (χ1) is 10.7. The summed E-state index contributed by atoms with van der Waals surface area (Å²) in [5, 5.41) is 7.70. The highest BCUT2D eigenvalue weighted by Crippen LogP contribution is 2.25. The molecule has 112 valence electrons. The summed E-state index contributed by atoms with van der Waals surface area (Å²) in [5.41, 5.74) is 7.11. The lowest BCUT2D eigenvalue weighted by atomic mass is 10.0. The van der Waals surface area contributed by atoms with E-state index in [1.165, 1.54) is 22.3 Å². The topological polar surface area (TPSA) is 29.9 Å². The predicted molar refractivity (Wildman–Crippen MR) is 91.2 cm³/mol. The molecule has 0 aliphatic heterocycles. The summed E-state index contributed by atoms with van der Waals surface area (Å²) >= 11 is 0. The van der Waals surface area contributed by atoms with Gasteiger partial charge in [0, 0.05) is 12.7 Å². The third kappa shape index (κ3) is 2.95. The van der Waals surface area contributed by atoms with E-state index >= 15 is 0 Å². The minimum Gasteiger partial charge on any atom is -0.316 e. The molecule has 1 heterocycles. The summed E-state index contributed by atoms with van der Waals surface area (Å²) in [6.07, 6.45) is 2.01. The minimum atomic E-state index is 0.895. The highest BCUT2D eigenvalue weighted by molar-refractivity contribution is 5.67. The molecule has 1 N–H and O–H groups in total. The van der Waals surface area contributed by atoms with Gasteiger partial charge in [-0.2, -0.15) is 5.10 Å². The van der Waals surface area contributed by atoms with Gasteiger partial charge in [0.2, 0.25) is 0 Å². The molecule has 2 aromatic carbocycles. The molecule has 1 aromatic heterocycles. The van der Waals surface area contributed by atoms with Gasteiger partial charge in [0.25, 0.3) is 0 Å². The Hall–Kier alpha value is -2.39. The van der Waals surface area contributed by atoms with Crippen LogP contribution in [0, 0.1) is 13.8 Å². The van der Waals surface area contributed by atoms with Crippen molar-refractivity contribution >= 4 is 0 Å². The summed E-state index contributed by atoms with van der Waals surface area (Å²) < 4.78 is 1.95. The van der Waals surface area contributed by atoms with Crippen molar-refractivity contribution in [3.05, 3.63) is 71.5 Å². The lowest BCUT2D eigenvalue weighted by molar-refractivity contribution is 0.818. The Balaban J connectivity index is 1.98. The summed E-state index contributed by atoms with van der Waals surface area (Å²) in [6.45, 7) is 5.02. The zero-order valence-corrected chi connectivity index (χ0v) is 13.3. The van der Waals surface area contributed by atoms with Gasteiger partial charge in [-0.15, -0.1) is 0 Å². The van der Waals surface area contributed by atoms with E-state index in [9.17, 15) is 0 Å². The van der Waals surface area contributed by atoms with Crippen LogP contribution in [0.4, 0.5) is 0 Å². The molecule has 3 aromatic rings. The normalized spacial score (nSPS) is 10.9. The first-order valence-corrected chi connectivity index (χ1v) is 7.54. The van der Waals surface area contributed by atoms with E-state index in [-0.39, 0.29) is 0 Å². The molecule has 3 rings (SSSR count). The van der Waals surface area contributed by atoms with Gasteiger partial charge >= 0.3 is 0 Å². The summed E-state index contributed by atoms with van der Waals surface area (Å²) in [6, 6.07) is 17.2. The van der Waals surface area contributed by atoms with Gasteiger partial charge in [-0.05, 0) is 55.3 Å². The number of aromatic nitrogens is 2. The fourth-order valence-corrected chi connectivity index (χ4v) is 2.60. The van der Waals surface area contributed by atoms with E-state index in [1.54, 1.807) is 0 Å². The summed E-state index contributed by atoms with van der Waals surface area (Å²) in [4.78, 5) is 0. The molecular formula is C19H21N3. The lowest BCUT2D eigenvalue weighted by Gasteiger charge is -2.10. The van der Waals surface area contributed by atoms with Crippen molar-refractivity contribution in [1.29, 1.82) is 0 Å². The summed E-state index contributed by atoms with van der Waals surface area (Å²) in [5.74, 6) is 0. The Morgan fingerprint density at radius 3 is 2.32 bits per heavy atom. The Morgan fingerprint density at radius 2 is 1.68 bits per heavy atom. The van der Waals surface area contributed by atoms with E-state index in [4.69, 9.17) is 0 Å². The number of aryl methyl sites for hydroxylation is 2. The Kier molecular flexibility index (Phi) is 4.07. The van der Waals surface area contributed by atoms with E-state index in [2.05, 4.69) is 59.8 Å². The van der Waals surface area contributed by atoms with E-state index in [0.717, 1.165) is 17.9 Å². The van der Waals surface area contributed by atoms with E-state index < -0.39 is 0 Å². The van der Waals surface area contributed by atoms with Gasteiger partial charge in [-0.1, -0.05) is 36.4 Å². The third-order valence-electron chi connectivity index (χ3n) is 3.85. The van der Waals surface area contributed by atoms with Crippen LogP contribution in [0.5, 0.6) is 0 Å². The smallest absolute Gasteiger partial charge is 0.0680 e. The van der Waals surface area contributed by atoms with Crippen molar-refractivity contribution in [2.75, 3.05) is 7.05 Å². The molecule has 0 atom stereocenters. The van der Waals surface area contributed by atoms with Gasteiger partial charge in [0.1, 0.15) is 0 Å². The van der Waals surface area contributed by atoms with Gasteiger partial charge in [-0.25, -0.2) is 4.68 Å². The molecule has 22 heavy (non-hydrogen) atoms. The van der Waals surface area contributed by atoms with Crippen LogP contribution < -0.4 is 5.32 Å². The maximum atomic E-state index is 4.52. The van der Waals surface area contributed by atoms with Crippen LogP contribution in [0.2, 0.25) is 0 Å². The SMILES string of the molecule is CNCc1ccc(-c2ccc(C)c(-n3ccc(C)n3)c2)cc1. The molecule has 0 fully saturated rings. The van der Waals surface area contributed by atoms with Crippen molar-refractivity contribution in [3.8, 4) is 16.8 Å². The maximum absolute atomic E-state index is 4.52. The Morgan fingerprint density at radius 1 is 0.955 bits per heavy atom. The van der Waals surface area contributed by atoms with Crippen molar-refractivity contribution in [2.24, 2.45) is 0 Å². The first kappa shape index (κ1) is 14.5. The molecule has 0 saturated heterocycles. The second-order valence-corrected chi connectivity index (χ2v) is 5.63. The number of nitrogens with one attached hydrogen (secondary N) is 1. The fraction of sp³-hybridized carbons (Fsp3) is 0.211. The van der Waals surface area contributed by atoms with Crippen LogP contribution in [-0.4, -0.2) is 16.8 Å². The monoisotopic (exact) mass is 291 g/mol. The minimum absolute atomic E-state index is 0.895. The van der Waals surface area contributed by atoms with Gasteiger partial charge in [-0.3, -0.25) is 0 Å². The summed E-state index contributed by atoms with van der Waals surface area (Å²) in [7, 11) is 1.96. The van der Waals surface area contributed by atoms with Gasteiger partial charge in [0.15, 0.2) is 0 Å². The molecular weight excluding hydrogens is 270 g/mol. The molecule has 0 unspecified atom stereocenters. The predicted octanol–water partition coefficient (Wildman–Crippen LogP) is 3.88. The van der Waals surface area contributed by atoms with Crippen molar-refractivity contribution < 1.29 is 0 Å². The highest BCUT2D eigenvalue weighted by atomic mass is 15.3. The van der Waals surface area contributed by atoms with Gasteiger partial charge < -0.3 is 5.32 Å².